The van der Waals surface area contributed by atoms with Gasteiger partial charge < -0.3 is 9.57 Å². The van der Waals surface area contributed by atoms with Gasteiger partial charge in [0.1, 0.15) is 6.54 Å². The number of ether oxygens (including phenoxy) is 1. The lowest BCUT2D eigenvalue weighted by Crippen LogP contribution is -2.34. The fourth-order valence-corrected chi connectivity index (χ4v) is 1.42. The molecule has 0 aliphatic carbocycles. The first-order valence-electron chi connectivity index (χ1n) is 6.16. The number of hydroxylamine groups is 2. The van der Waals surface area contributed by atoms with Gasteiger partial charge in [-0.2, -0.15) is 5.06 Å². The molecule has 0 bridgehead atoms. The van der Waals surface area contributed by atoms with Crippen LogP contribution in [-0.4, -0.2) is 36.6 Å². The Morgan fingerprint density at radius 1 is 1.19 bits per heavy atom. The van der Waals surface area contributed by atoms with Gasteiger partial charge in [-0.3, -0.25) is 9.59 Å². The monoisotopic (exact) mass is 289 g/mol. The molecule has 0 radical (unpaired) electrons. The minimum Gasteiger partial charge on any atom is -0.469 e. The standard InChI is InChI=1S/C15H15NO5/c1-3-11-16(13(17)9-10-14(18)20-2)21-15(19)12-7-5-4-6-8-12/h1,4-8H,9-11H2,2H3. The first kappa shape index (κ1) is 16.2. The molecule has 21 heavy (non-hydrogen) atoms. The van der Waals surface area contributed by atoms with Crippen LogP contribution in [0.15, 0.2) is 30.3 Å². The van der Waals surface area contributed by atoms with Crippen LogP contribution in [0.5, 0.6) is 0 Å². The van der Waals surface area contributed by atoms with E-state index in [1.807, 2.05) is 0 Å². The van der Waals surface area contributed by atoms with E-state index in [-0.39, 0.29) is 19.4 Å². The average molecular weight is 289 g/mol. The molecule has 0 N–H and O–H groups in total. The Balaban J connectivity index is 2.65. The number of methoxy groups -OCH3 is 1. The second kappa shape index (κ2) is 8.38. The lowest BCUT2D eigenvalue weighted by Gasteiger charge is -2.18. The predicted octanol–water partition coefficient (Wildman–Crippen LogP) is 1.17. The number of hydrogen-bond donors (Lipinski definition) is 0. The van der Waals surface area contributed by atoms with Gasteiger partial charge in [0, 0.05) is 6.42 Å². The van der Waals surface area contributed by atoms with Crippen molar-refractivity contribution in [3.8, 4) is 12.3 Å². The summed E-state index contributed by atoms with van der Waals surface area (Å²) in [7, 11) is 1.22. The van der Waals surface area contributed by atoms with Crippen molar-refractivity contribution in [2.75, 3.05) is 13.7 Å². The molecule has 0 spiro atoms. The third kappa shape index (κ3) is 5.37. The number of terminal acetylenes is 1. The van der Waals surface area contributed by atoms with E-state index >= 15 is 0 Å². The van der Waals surface area contributed by atoms with Gasteiger partial charge >= 0.3 is 11.9 Å². The van der Waals surface area contributed by atoms with E-state index in [1.165, 1.54) is 7.11 Å². The van der Waals surface area contributed by atoms with E-state index in [0.29, 0.717) is 5.56 Å². The van der Waals surface area contributed by atoms with E-state index < -0.39 is 17.8 Å². The molecule has 0 unspecified atom stereocenters. The molecular formula is C15H15NO5. The summed E-state index contributed by atoms with van der Waals surface area (Å²) >= 11 is 0. The van der Waals surface area contributed by atoms with Crippen molar-refractivity contribution < 1.29 is 24.0 Å². The third-order valence-corrected chi connectivity index (χ3v) is 2.49. The number of carbonyl (C=O) groups is 3. The molecular weight excluding hydrogens is 274 g/mol. The van der Waals surface area contributed by atoms with Crippen LogP contribution in [0.2, 0.25) is 0 Å². The molecule has 0 atom stereocenters. The van der Waals surface area contributed by atoms with Crippen LogP contribution < -0.4 is 0 Å². The number of benzene rings is 1. The van der Waals surface area contributed by atoms with Crippen molar-refractivity contribution in [2.24, 2.45) is 0 Å². The number of amides is 1. The van der Waals surface area contributed by atoms with Gasteiger partial charge in [0.15, 0.2) is 0 Å². The summed E-state index contributed by atoms with van der Waals surface area (Å²) in [4.78, 5) is 39.7. The van der Waals surface area contributed by atoms with E-state index in [0.717, 1.165) is 5.06 Å². The van der Waals surface area contributed by atoms with Crippen molar-refractivity contribution in [3.05, 3.63) is 35.9 Å². The Morgan fingerprint density at radius 3 is 2.43 bits per heavy atom. The Kier molecular flexibility index (Phi) is 6.48. The Labute approximate surface area is 122 Å². The highest BCUT2D eigenvalue weighted by atomic mass is 16.7. The highest BCUT2D eigenvalue weighted by molar-refractivity contribution is 5.90. The minimum atomic E-state index is -0.697. The fraction of sp³-hybridized carbons (Fsp3) is 0.267. The van der Waals surface area contributed by atoms with Gasteiger partial charge in [-0.15, -0.1) is 6.42 Å². The summed E-state index contributed by atoms with van der Waals surface area (Å²) < 4.78 is 4.43. The number of nitrogens with zero attached hydrogens (tertiary/aromatic N) is 1. The highest BCUT2D eigenvalue weighted by Gasteiger charge is 2.19. The van der Waals surface area contributed by atoms with Crippen LogP contribution in [0.25, 0.3) is 0 Å². The molecule has 0 aromatic heterocycles. The van der Waals surface area contributed by atoms with E-state index in [2.05, 4.69) is 10.7 Å². The zero-order chi connectivity index (χ0) is 15.7. The molecule has 0 heterocycles. The molecule has 1 aromatic carbocycles. The summed E-state index contributed by atoms with van der Waals surface area (Å²) in [5.74, 6) is 0.426. The number of esters is 1. The predicted molar refractivity (Wildman–Crippen MR) is 73.7 cm³/mol. The maximum absolute atomic E-state index is 11.9. The van der Waals surface area contributed by atoms with Crippen molar-refractivity contribution in [2.45, 2.75) is 12.8 Å². The normalized spacial score (nSPS) is 9.33. The molecule has 1 aromatic rings. The largest absolute Gasteiger partial charge is 0.469 e. The Bertz CT molecular complexity index is 547. The molecule has 0 fully saturated rings. The fourth-order valence-electron chi connectivity index (χ4n) is 1.42. The summed E-state index contributed by atoms with van der Waals surface area (Å²) in [6.07, 6.45) is 4.87. The van der Waals surface area contributed by atoms with Gasteiger partial charge in [0.2, 0.25) is 0 Å². The smallest absolute Gasteiger partial charge is 0.363 e. The van der Waals surface area contributed by atoms with Crippen LogP contribution in [0, 0.1) is 12.3 Å². The molecule has 0 saturated carbocycles. The van der Waals surface area contributed by atoms with Gasteiger partial charge in [0.05, 0.1) is 19.1 Å². The van der Waals surface area contributed by atoms with Crippen LogP contribution in [-0.2, 0) is 19.2 Å². The van der Waals surface area contributed by atoms with Gasteiger partial charge in [-0.25, -0.2) is 4.79 Å². The van der Waals surface area contributed by atoms with E-state index in [9.17, 15) is 14.4 Å². The van der Waals surface area contributed by atoms with Crippen LogP contribution in [0.3, 0.4) is 0 Å². The minimum absolute atomic E-state index is 0.112. The quantitative estimate of drug-likeness (QED) is 0.462. The first-order valence-corrected chi connectivity index (χ1v) is 6.16. The molecule has 0 aliphatic rings. The lowest BCUT2D eigenvalue weighted by atomic mass is 10.2. The van der Waals surface area contributed by atoms with Crippen molar-refractivity contribution in [3.63, 3.8) is 0 Å². The summed E-state index contributed by atoms with van der Waals surface area (Å²) in [6, 6.07) is 8.19. The van der Waals surface area contributed by atoms with Crippen LogP contribution in [0.1, 0.15) is 23.2 Å². The molecule has 1 rings (SSSR count). The number of hydrogen-bond acceptors (Lipinski definition) is 5. The highest BCUT2D eigenvalue weighted by Crippen LogP contribution is 2.06. The van der Waals surface area contributed by atoms with Crippen molar-refractivity contribution in [1.82, 2.24) is 5.06 Å². The number of rotatable bonds is 5. The third-order valence-electron chi connectivity index (χ3n) is 2.49. The summed E-state index contributed by atoms with van der Waals surface area (Å²) in [5, 5.41) is 0.762. The van der Waals surface area contributed by atoms with E-state index in [4.69, 9.17) is 11.3 Å². The molecule has 110 valence electrons. The first-order chi connectivity index (χ1) is 10.1. The zero-order valence-corrected chi connectivity index (χ0v) is 11.6. The molecule has 0 aliphatic heterocycles. The molecule has 6 heteroatoms. The summed E-state index contributed by atoms with van der Waals surface area (Å²) in [6.45, 7) is -0.196. The zero-order valence-electron chi connectivity index (χ0n) is 11.6. The van der Waals surface area contributed by atoms with Crippen molar-refractivity contribution >= 4 is 17.8 Å². The van der Waals surface area contributed by atoms with Gasteiger partial charge in [0.25, 0.3) is 5.91 Å². The van der Waals surface area contributed by atoms with E-state index in [1.54, 1.807) is 30.3 Å². The average Bonchev–Trinajstić information content (AvgIpc) is 2.52. The molecule has 6 nitrogen and oxygen atoms in total. The lowest BCUT2D eigenvalue weighted by molar-refractivity contribution is -0.165. The SMILES string of the molecule is C#CCN(OC(=O)c1ccccc1)C(=O)CCC(=O)OC. The summed E-state index contributed by atoms with van der Waals surface area (Å²) in [5.41, 5.74) is 0.292. The maximum Gasteiger partial charge on any atom is 0.363 e. The van der Waals surface area contributed by atoms with Crippen LogP contribution >= 0.6 is 0 Å². The van der Waals surface area contributed by atoms with Crippen LogP contribution in [0.4, 0.5) is 0 Å². The Morgan fingerprint density at radius 2 is 1.86 bits per heavy atom. The maximum atomic E-state index is 11.9. The molecule has 1 amide bonds. The van der Waals surface area contributed by atoms with Crippen molar-refractivity contribution in [1.29, 1.82) is 0 Å². The second-order valence-electron chi connectivity index (χ2n) is 3.96. The van der Waals surface area contributed by atoms with Gasteiger partial charge in [-0.05, 0) is 12.1 Å². The molecule has 0 saturated heterocycles. The Hall–Kier alpha value is -2.81. The number of carbonyl (C=O) groups excluding carboxylic acids is 3. The van der Waals surface area contributed by atoms with Gasteiger partial charge in [-0.1, -0.05) is 24.1 Å². The topological polar surface area (TPSA) is 72.9 Å². The second-order valence-corrected chi connectivity index (χ2v) is 3.96.